The lowest BCUT2D eigenvalue weighted by molar-refractivity contribution is 0.135. The van der Waals surface area contributed by atoms with Crippen molar-refractivity contribution in [2.45, 2.75) is 33.0 Å². The van der Waals surface area contributed by atoms with E-state index in [0.29, 0.717) is 24.4 Å². The van der Waals surface area contributed by atoms with Crippen molar-refractivity contribution in [3.8, 4) is 0 Å². The molecule has 1 aromatic heterocycles. The molecule has 2 aromatic rings. The molecule has 1 aliphatic rings. The zero-order valence-corrected chi connectivity index (χ0v) is 14.9. The average molecular weight is 349 g/mol. The second-order valence-corrected chi connectivity index (χ2v) is 9.13. The SMILES string of the molecule is CC(C)CN(Cn1ncc2ccccc2c1=O)[C@H]1CCS(=O)(=O)C1. The van der Waals surface area contributed by atoms with Gasteiger partial charge in [0.05, 0.1) is 29.8 Å². The summed E-state index contributed by atoms with van der Waals surface area (Å²) in [6, 6.07) is 7.33. The summed E-state index contributed by atoms with van der Waals surface area (Å²) in [5, 5.41) is 5.73. The highest BCUT2D eigenvalue weighted by Crippen LogP contribution is 2.19. The van der Waals surface area contributed by atoms with E-state index in [4.69, 9.17) is 0 Å². The fourth-order valence-corrected chi connectivity index (χ4v) is 5.02. The Hall–Kier alpha value is -1.73. The van der Waals surface area contributed by atoms with E-state index in [-0.39, 0.29) is 23.1 Å². The van der Waals surface area contributed by atoms with Crippen LogP contribution in [-0.4, -0.2) is 47.2 Å². The van der Waals surface area contributed by atoms with Gasteiger partial charge in [0.2, 0.25) is 0 Å². The third-order valence-corrected chi connectivity index (χ3v) is 6.15. The van der Waals surface area contributed by atoms with E-state index < -0.39 is 9.84 Å². The van der Waals surface area contributed by atoms with Crippen molar-refractivity contribution in [1.82, 2.24) is 14.7 Å². The van der Waals surface area contributed by atoms with Gasteiger partial charge in [0, 0.05) is 18.0 Å². The van der Waals surface area contributed by atoms with Gasteiger partial charge in [-0.1, -0.05) is 32.0 Å². The number of rotatable bonds is 5. The van der Waals surface area contributed by atoms with Gasteiger partial charge in [-0.15, -0.1) is 0 Å². The van der Waals surface area contributed by atoms with E-state index in [1.807, 2.05) is 18.2 Å². The van der Waals surface area contributed by atoms with E-state index in [2.05, 4.69) is 23.8 Å². The van der Waals surface area contributed by atoms with Crippen molar-refractivity contribution in [2.24, 2.45) is 5.92 Å². The molecule has 1 saturated heterocycles. The summed E-state index contributed by atoms with van der Waals surface area (Å²) in [6.07, 6.45) is 2.31. The standard InChI is InChI=1S/C17H23N3O3S/c1-13(2)10-19(15-7-8-24(22,23)11-15)12-20-17(21)16-6-4-3-5-14(16)9-18-20/h3-6,9,13,15H,7-8,10-12H2,1-2H3/t15-/m0/s1. The van der Waals surface area contributed by atoms with Crippen LogP contribution in [0, 0.1) is 5.92 Å². The maximum atomic E-state index is 12.6. The summed E-state index contributed by atoms with van der Waals surface area (Å²) in [5.41, 5.74) is -0.136. The molecule has 1 aliphatic heterocycles. The predicted octanol–water partition coefficient (Wildman–Crippen LogP) is 1.50. The maximum Gasteiger partial charge on any atom is 0.275 e. The normalized spacial score (nSPS) is 20.2. The van der Waals surface area contributed by atoms with Gasteiger partial charge in [0.1, 0.15) is 0 Å². The summed E-state index contributed by atoms with van der Waals surface area (Å²) in [5.74, 6) is 0.776. The first-order valence-electron chi connectivity index (χ1n) is 8.25. The smallest absolute Gasteiger partial charge is 0.275 e. The number of hydrogen-bond donors (Lipinski definition) is 0. The monoisotopic (exact) mass is 349 g/mol. The summed E-state index contributed by atoms with van der Waals surface area (Å²) in [4.78, 5) is 14.7. The Kier molecular flexibility index (Phi) is 4.73. The first-order chi connectivity index (χ1) is 11.4. The lowest BCUT2D eigenvalue weighted by Gasteiger charge is -2.29. The average Bonchev–Trinajstić information content (AvgIpc) is 2.89. The summed E-state index contributed by atoms with van der Waals surface area (Å²) >= 11 is 0. The van der Waals surface area contributed by atoms with E-state index in [1.54, 1.807) is 12.3 Å². The third-order valence-electron chi connectivity index (χ3n) is 4.40. The van der Waals surface area contributed by atoms with Crippen molar-refractivity contribution in [3.05, 3.63) is 40.8 Å². The van der Waals surface area contributed by atoms with Crippen molar-refractivity contribution in [1.29, 1.82) is 0 Å². The molecule has 0 aliphatic carbocycles. The Balaban J connectivity index is 1.90. The Morgan fingerprint density at radius 3 is 2.75 bits per heavy atom. The first-order valence-corrected chi connectivity index (χ1v) is 10.1. The highest BCUT2D eigenvalue weighted by atomic mass is 32.2. The predicted molar refractivity (Wildman–Crippen MR) is 94.6 cm³/mol. The van der Waals surface area contributed by atoms with Gasteiger partial charge in [0.15, 0.2) is 9.84 Å². The minimum absolute atomic E-state index is 0.0439. The second-order valence-electron chi connectivity index (χ2n) is 6.90. The number of fused-ring (bicyclic) bond motifs is 1. The van der Waals surface area contributed by atoms with Crippen LogP contribution in [-0.2, 0) is 16.5 Å². The molecule has 2 heterocycles. The minimum Gasteiger partial charge on any atom is -0.280 e. The molecular formula is C17H23N3O3S. The molecule has 3 rings (SSSR count). The Morgan fingerprint density at radius 1 is 1.33 bits per heavy atom. The van der Waals surface area contributed by atoms with Crippen LogP contribution in [0.15, 0.2) is 35.3 Å². The third kappa shape index (κ3) is 3.67. The zero-order chi connectivity index (χ0) is 17.3. The number of nitrogens with zero attached hydrogens (tertiary/aromatic N) is 3. The number of hydrogen-bond acceptors (Lipinski definition) is 5. The highest BCUT2D eigenvalue weighted by molar-refractivity contribution is 7.91. The van der Waals surface area contributed by atoms with Gasteiger partial charge < -0.3 is 0 Å². The summed E-state index contributed by atoms with van der Waals surface area (Å²) in [6.45, 7) is 5.24. The van der Waals surface area contributed by atoms with Crippen LogP contribution in [0.4, 0.5) is 0 Å². The van der Waals surface area contributed by atoms with E-state index in [1.165, 1.54) is 4.68 Å². The Bertz CT molecular complexity index is 889. The molecule has 1 atom stereocenters. The van der Waals surface area contributed by atoms with Crippen LogP contribution in [0.2, 0.25) is 0 Å². The molecule has 0 unspecified atom stereocenters. The molecule has 0 bridgehead atoms. The molecule has 1 aromatic carbocycles. The molecule has 0 N–H and O–H groups in total. The molecule has 0 spiro atoms. The summed E-state index contributed by atoms with van der Waals surface area (Å²) < 4.78 is 25.1. The molecule has 0 amide bonds. The molecule has 0 radical (unpaired) electrons. The first kappa shape index (κ1) is 17.1. The van der Waals surface area contributed by atoms with Crippen molar-refractivity contribution < 1.29 is 8.42 Å². The molecule has 6 nitrogen and oxygen atoms in total. The lowest BCUT2D eigenvalue weighted by atomic mass is 10.1. The lowest BCUT2D eigenvalue weighted by Crippen LogP contribution is -2.42. The van der Waals surface area contributed by atoms with Gasteiger partial charge in [0.25, 0.3) is 5.56 Å². The van der Waals surface area contributed by atoms with Crippen LogP contribution in [0.1, 0.15) is 20.3 Å². The summed E-state index contributed by atoms with van der Waals surface area (Å²) in [7, 11) is -2.96. The van der Waals surface area contributed by atoms with Crippen molar-refractivity contribution >= 4 is 20.6 Å². The highest BCUT2D eigenvalue weighted by Gasteiger charge is 2.32. The number of benzene rings is 1. The van der Waals surface area contributed by atoms with Crippen LogP contribution in [0.25, 0.3) is 10.8 Å². The van der Waals surface area contributed by atoms with Crippen LogP contribution < -0.4 is 5.56 Å². The van der Waals surface area contributed by atoms with Crippen molar-refractivity contribution in [3.63, 3.8) is 0 Å². The minimum atomic E-state index is -2.96. The fraction of sp³-hybridized carbons (Fsp3) is 0.529. The van der Waals surface area contributed by atoms with Crippen LogP contribution >= 0.6 is 0 Å². The largest absolute Gasteiger partial charge is 0.280 e. The quantitative estimate of drug-likeness (QED) is 0.818. The molecular weight excluding hydrogens is 326 g/mol. The Morgan fingerprint density at radius 2 is 2.08 bits per heavy atom. The molecule has 0 saturated carbocycles. The topological polar surface area (TPSA) is 72.3 Å². The van der Waals surface area contributed by atoms with E-state index in [0.717, 1.165) is 11.9 Å². The molecule has 7 heteroatoms. The molecule has 24 heavy (non-hydrogen) atoms. The van der Waals surface area contributed by atoms with Gasteiger partial charge in [-0.3, -0.25) is 9.69 Å². The van der Waals surface area contributed by atoms with Crippen molar-refractivity contribution in [2.75, 3.05) is 18.1 Å². The van der Waals surface area contributed by atoms with Gasteiger partial charge in [-0.25, -0.2) is 13.1 Å². The number of aromatic nitrogens is 2. The van der Waals surface area contributed by atoms with Gasteiger partial charge >= 0.3 is 0 Å². The molecule has 130 valence electrons. The maximum absolute atomic E-state index is 12.6. The Labute approximate surface area is 142 Å². The van der Waals surface area contributed by atoms with E-state index in [9.17, 15) is 13.2 Å². The van der Waals surface area contributed by atoms with Crippen LogP contribution in [0.3, 0.4) is 0 Å². The second kappa shape index (κ2) is 6.64. The fourth-order valence-electron chi connectivity index (χ4n) is 3.26. The van der Waals surface area contributed by atoms with E-state index >= 15 is 0 Å². The van der Waals surface area contributed by atoms with Crippen LogP contribution in [0.5, 0.6) is 0 Å². The number of sulfone groups is 1. The molecule has 1 fully saturated rings. The zero-order valence-electron chi connectivity index (χ0n) is 14.1. The van der Waals surface area contributed by atoms with Gasteiger partial charge in [-0.2, -0.15) is 5.10 Å². The van der Waals surface area contributed by atoms with Gasteiger partial charge in [-0.05, 0) is 18.4 Å².